The van der Waals surface area contributed by atoms with Gasteiger partial charge >= 0.3 is 11.9 Å². The average Bonchev–Trinajstić information content (AvgIpc) is 2.77. The van der Waals surface area contributed by atoms with Gasteiger partial charge in [0.25, 0.3) is 0 Å². The zero-order chi connectivity index (χ0) is 22.5. The largest absolute Gasteiger partial charge is 0.493 e. The van der Waals surface area contributed by atoms with Crippen molar-refractivity contribution in [2.75, 3.05) is 7.11 Å². The molecule has 0 aliphatic heterocycles. The Hall–Kier alpha value is -3.15. The van der Waals surface area contributed by atoms with Crippen molar-refractivity contribution in [3.8, 4) is 11.5 Å². The maximum Gasteiger partial charge on any atom is 0.337 e. The quantitative estimate of drug-likeness (QED) is 0.179. The summed E-state index contributed by atoms with van der Waals surface area (Å²) >= 11 is 0. The van der Waals surface area contributed by atoms with Crippen LogP contribution in [0.15, 0.2) is 47.5 Å². The molecule has 2 rings (SSSR count). The molecule has 1 N–H and O–H groups in total. The summed E-state index contributed by atoms with van der Waals surface area (Å²) < 4.78 is 10.8. The minimum Gasteiger partial charge on any atom is -0.493 e. The van der Waals surface area contributed by atoms with Gasteiger partial charge in [-0.15, -0.1) is 0 Å². The molecule has 2 aromatic carbocycles. The van der Waals surface area contributed by atoms with Crippen molar-refractivity contribution in [1.82, 2.24) is 0 Å². The lowest BCUT2D eigenvalue weighted by Gasteiger charge is -2.10. The standard InChI is InChI=1S/C25H31NO5/c1-3-4-5-6-7-8-9-14-24(27)31-22-16-15-19(17-23(22)30-2)18-26-21-13-11-10-12-20(21)25(28)29/h10-13,15-18H,3-9,14H2,1-2H3,(H,28,29). The van der Waals surface area contributed by atoms with E-state index in [4.69, 9.17) is 9.47 Å². The number of carboxylic acid groups (broad SMARTS) is 1. The second kappa shape index (κ2) is 13.2. The Kier molecular flexibility index (Phi) is 10.3. The van der Waals surface area contributed by atoms with Crippen molar-refractivity contribution in [1.29, 1.82) is 0 Å². The van der Waals surface area contributed by atoms with E-state index >= 15 is 0 Å². The van der Waals surface area contributed by atoms with Crippen molar-refractivity contribution in [2.45, 2.75) is 58.3 Å². The predicted octanol–water partition coefficient (Wildman–Crippen LogP) is 6.19. The fourth-order valence-corrected chi connectivity index (χ4v) is 3.16. The number of carbonyl (C=O) groups excluding carboxylic acids is 1. The molecule has 6 heteroatoms. The molecule has 0 saturated heterocycles. The Morgan fingerprint density at radius 3 is 2.39 bits per heavy atom. The monoisotopic (exact) mass is 425 g/mol. The number of benzene rings is 2. The smallest absolute Gasteiger partial charge is 0.337 e. The maximum absolute atomic E-state index is 12.2. The van der Waals surface area contributed by atoms with Gasteiger partial charge in [-0.3, -0.25) is 9.79 Å². The average molecular weight is 426 g/mol. The molecule has 31 heavy (non-hydrogen) atoms. The van der Waals surface area contributed by atoms with E-state index in [1.807, 2.05) is 0 Å². The Morgan fingerprint density at radius 1 is 0.968 bits per heavy atom. The molecule has 0 heterocycles. The summed E-state index contributed by atoms with van der Waals surface area (Å²) in [5, 5.41) is 9.25. The molecular weight excluding hydrogens is 394 g/mol. The van der Waals surface area contributed by atoms with Crippen LogP contribution in [0.1, 0.15) is 74.2 Å². The van der Waals surface area contributed by atoms with Gasteiger partial charge in [-0.05, 0) is 42.3 Å². The van der Waals surface area contributed by atoms with Crippen molar-refractivity contribution in [3.05, 3.63) is 53.6 Å². The van der Waals surface area contributed by atoms with Crippen LogP contribution in [-0.4, -0.2) is 30.4 Å². The number of methoxy groups -OCH3 is 1. The molecule has 0 aliphatic carbocycles. The van der Waals surface area contributed by atoms with Gasteiger partial charge < -0.3 is 14.6 Å². The first-order valence-corrected chi connectivity index (χ1v) is 10.8. The molecule has 0 radical (unpaired) electrons. The minimum absolute atomic E-state index is 0.127. The summed E-state index contributed by atoms with van der Waals surface area (Å²) in [6, 6.07) is 11.6. The van der Waals surface area contributed by atoms with Gasteiger partial charge in [0, 0.05) is 12.6 Å². The van der Waals surface area contributed by atoms with Gasteiger partial charge in [-0.1, -0.05) is 57.6 Å². The van der Waals surface area contributed by atoms with Crippen LogP contribution in [0.2, 0.25) is 0 Å². The summed E-state index contributed by atoms with van der Waals surface area (Å²) in [4.78, 5) is 27.7. The normalized spacial score (nSPS) is 10.9. The molecule has 6 nitrogen and oxygen atoms in total. The van der Waals surface area contributed by atoms with Crippen LogP contribution in [-0.2, 0) is 4.79 Å². The second-order valence-corrected chi connectivity index (χ2v) is 7.34. The summed E-state index contributed by atoms with van der Waals surface area (Å²) in [7, 11) is 1.50. The van der Waals surface area contributed by atoms with Gasteiger partial charge in [0.05, 0.1) is 18.4 Å². The van der Waals surface area contributed by atoms with Crippen LogP contribution < -0.4 is 9.47 Å². The molecule has 0 atom stereocenters. The third kappa shape index (κ3) is 8.24. The highest BCUT2D eigenvalue weighted by atomic mass is 16.6. The summed E-state index contributed by atoms with van der Waals surface area (Å²) in [5.41, 5.74) is 1.18. The maximum atomic E-state index is 12.2. The number of carbonyl (C=O) groups is 2. The van der Waals surface area contributed by atoms with Crippen LogP contribution >= 0.6 is 0 Å². The van der Waals surface area contributed by atoms with E-state index in [0.717, 1.165) is 19.3 Å². The molecule has 0 bridgehead atoms. The number of rotatable bonds is 13. The SMILES string of the molecule is CCCCCCCCCC(=O)Oc1ccc(C=Nc2ccccc2C(=O)O)cc1OC. The fourth-order valence-electron chi connectivity index (χ4n) is 3.16. The molecule has 0 aromatic heterocycles. The molecule has 166 valence electrons. The highest BCUT2D eigenvalue weighted by molar-refractivity contribution is 5.95. The molecular formula is C25H31NO5. The van der Waals surface area contributed by atoms with Crippen LogP contribution in [0, 0.1) is 0 Å². The molecule has 2 aromatic rings. The van der Waals surface area contributed by atoms with Gasteiger partial charge in [0.15, 0.2) is 11.5 Å². The first-order chi connectivity index (χ1) is 15.0. The van der Waals surface area contributed by atoms with Crippen molar-refractivity contribution >= 4 is 23.8 Å². The number of hydrogen-bond acceptors (Lipinski definition) is 5. The van der Waals surface area contributed by atoms with Crippen molar-refractivity contribution in [2.24, 2.45) is 4.99 Å². The molecule has 0 saturated carbocycles. The van der Waals surface area contributed by atoms with E-state index in [0.29, 0.717) is 29.2 Å². The Morgan fingerprint density at radius 2 is 1.68 bits per heavy atom. The van der Waals surface area contributed by atoms with E-state index < -0.39 is 5.97 Å². The number of unbranched alkanes of at least 4 members (excludes halogenated alkanes) is 6. The molecule has 0 unspecified atom stereocenters. The topological polar surface area (TPSA) is 85.2 Å². The third-order valence-electron chi connectivity index (χ3n) is 4.88. The number of aliphatic imine (C=N–C) groups is 1. The Labute approximate surface area is 183 Å². The third-order valence-corrected chi connectivity index (χ3v) is 4.88. The summed E-state index contributed by atoms with van der Waals surface area (Å²) in [5.74, 6) is -0.529. The Balaban J connectivity index is 1.93. The van der Waals surface area contributed by atoms with Gasteiger partial charge in [0.2, 0.25) is 0 Å². The number of para-hydroxylation sites is 1. The van der Waals surface area contributed by atoms with Gasteiger partial charge in [-0.25, -0.2) is 4.79 Å². The van der Waals surface area contributed by atoms with E-state index in [9.17, 15) is 14.7 Å². The van der Waals surface area contributed by atoms with E-state index in [2.05, 4.69) is 11.9 Å². The number of hydrogen-bond donors (Lipinski definition) is 1. The summed E-state index contributed by atoms with van der Waals surface area (Å²) in [6.45, 7) is 2.20. The zero-order valence-corrected chi connectivity index (χ0v) is 18.3. The Bertz CT molecular complexity index is 891. The molecule has 0 fully saturated rings. The molecule has 0 amide bonds. The van der Waals surface area contributed by atoms with Gasteiger partial charge in [-0.2, -0.15) is 0 Å². The first-order valence-electron chi connectivity index (χ1n) is 10.8. The van der Waals surface area contributed by atoms with E-state index in [1.165, 1.54) is 38.9 Å². The van der Waals surface area contributed by atoms with Crippen LogP contribution in [0.5, 0.6) is 11.5 Å². The van der Waals surface area contributed by atoms with Crippen molar-refractivity contribution < 1.29 is 24.2 Å². The zero-order valence-electron chi connectivity index (χ0n) is 18.3. The lowest BCUT2D eigenvalue weighted by Crippen LogP contribution is -2.08. The van der Waals surface area contributed by atoms with Gasteiger partial charge in [0.1, 0.15) is 0 Å². The fraction of sp³-hybridized carbons (Fsp3) is 0.400. The lowest BCUT2D eigenvalue weighted by molar-refractivity contribution is -0.134. The number of ether oxygens (including phenoxy) is 2. The van der Waals surface area contributed by atoms with Crippen LogP contribution in [0.25, 0.3) is 0 Å². The minimum atomic E-state index is -1.03. The van der Waals surface area contributed by atoms with E-state index in [-0.39, 0.29) is 11.5 Å². The predicted molar refractivity (Wildman–Crippen MR) is 122 cm³/mol. The second-order valence-electron chi connectivity index (χ2n) is 7.34. The molecule has 0 aliphatic rings. The number of aromatic carboxylic acids is 1. The number of carboxylic acids is 1. The number of esters is 1. The number of nitrogens with zero attached hydrogens (tertiary/aromatic N) is 1. The summed E-state index contributed by atoms with van der Waals surface area (Å²) in [6.07, 6.45) is 9.91. The van der Waals surface area contributed by atoms with E-state index in [1.54, 1.807) is 42.6 Å². The highest BCUT2D eigenvalue weighted by Gasteiger charge is 2.11. The van der Waals surface area contributed by atoms with Crippen LogP contribution in [0.4, 0.5) is 5.69 Å². The lowest BCUT2D eigenvalue weighted by atomic mass is 10.1. The first kappa shape index (κ1) is 24.1. The van der Waals surface area contributed by atoms with Crippen LogP contribution in [0.3, 0.4) is 0 Å². The highest BCUT2D eigenvalue weighted by Crippen LogP contribution is 2.28. The molecule has 0 spiro atoms. The van der Waals surface area contributed by atoms with Crippen molar-refractivity contribution in [3.63, 3.8) is 0 Å².